The fraction of sp³-hybridized carbons (Fsp3) is 0.556. The number of nitrogens with one attached hydrogen (secondary N) is 2. The second-order valence-electron chi connectivity index (χ2n) is 7.83. The molecule has 0 atom stereocenters. The summed E-state index contributed by atoms with van der Waals surface area (Å²) >= 11 is 0. The van der Waals surface area contributed by atoms with Gasteiger partial charge in [-0.1, -0.05) is 12.8 Å². The first-order valence-electron chi connectivity index (χ1n) is 9.28. The summed E-state index contributed by atoms with van der Waals surface area (Å²) in [6.45, 7) is 0.491. The van der Waals surface area contributed by atoms with E-state index < -0.39 is 11.4 Å². The molecule has 2 aliphatic heterocycles. The number of rotatable bonds is 5. The lowest BCUT2D eigenvalue weighted by Crippen LogP contribution is -2.40. The van der Waals surface area contributed by atoms with Crippen molar-refractivity contribution in [3.05, 3.63) is 24.0 Å². The molecule has 144 valence electrons. The Balaban J connectivity index is 0.00000180. The number of aromatic nitrogens is 4. The van der Waals surface area contributed by atoms with Crippen molar-refractivity contribution in [2.24, 2.45) is 5.41 Å². The van der Waals surface area contributed by atoms with E-state index in [1.807, 2.05) is 4.90 Å². The maximum atomic E-state index is 11.5. The van der Waals surface area contributed by atoms with Gasteiger partial charge in [-0.05, 0) is 31.7 Å². The van der Waals surface area contributed by atoms with E-state index in [-0.39, 0.29) is 12.2 Å². The van der Waals surface area contributed by atoms with E-state index in [0.717, 1.165) is 5.82 Å². The highest BCUT2D eigenvalue weighted by Crippen LogP contribution is 2.52. The predicted octanol–water partition coefficient (Wildman–Crippen LogP) is 2.82. The average Bonchev–Trinajstić information content (AvgIpc) is 3.36. The van der Waals surface area contributed by atoms with Gasteiger partial charge < -0.3 is 21.5 Å². The van der Waals surface area contributed by atoms with Crippen LogP contribution in [0.5, 0.6) is 0 Å². The molecule has 2 saturated carbocycles. The SMILES string of the molecule is N.O=C(O)C12CC(C1)N(c1nccc(Nc3cc(C4CCCC4)[nH]n3)n1)C2. The normalized spacial score (nSPS) is 26.5. The number of carboxylic acids is 1. The van der Waals surface area contributed by atoms with Gasteiger partial charge in [-0.25, -0.2) is 4.98 Å². The molecule has 27 heavy (non-hydrogen) atoms. The topological polar surface area (TPSA) is 142 Å². The summed E-state index contributed by atoms with van der Waals surface area (Å²) in [5.41, 5.74) is 0.582. The lowest BCUT2D eigenvalue weighted by molar-refractivity contribution is -0.150. The van der Waals surface area contributed by atoms with Crippen LogP contribution in [0.3, 0.4) is 0 Å². The molecule has 2 aliphatic carbocycles. The Labute approximate surface area is 157 Å². The Bertz CT molecular complexity index is 840. The molecular formula is C18H25N7O2. The molecule has 2 saturated heterocycles. The van der Waals surface area contributed by atoms with Crippen molar-refractivity contribution in [3.63, 3.8) is 0 Å². The number of carbonyl (C=O) groups is 1. The Morgan fingerprint density at radius 2 is 2.07 bits per heavy atom. The number of fused-ring (bicyclic) bond motifs is 1. The second-order valence-corrected chi connectivity index (χ2v) is 7.83. The number of anilines is 3. The molecule has 2 aromatic heterocycles. The molecule has 0 radical (unpaired) electrons. The fourth-order valence-corrected chi connectivity index (χ4v) is 4.66. The summed E-state index contributed by atoms with van der Waals surface area (Å²) in [4.78, 5) is 22.4. The molecule has 0 unspecified atom stereocenters. The molecule has 4 heterocycles. The number of H-pyrrole nitrogens is 1. The Hall–Kier alpha value is -2.68. The van der Waals surface area contributed by atoms with Gasteiger partial charge in [-0.3, -0.25) is 9.89 Å². The Morgan fingerprint density at radius 1 is 1.30 bits per heavy atom. The van der Waals surface area contributed by atoms with Crippen LogP contribution in [0.25, 0.3) is 0 Å². The van der Waals surface area contributed by atoms with E-state index >= 15 is 0 Å². The third-order valence-electron chi connectivity index (χ3n) is 6.17. The van der Waals surface area contributed by atoms with Crippen LogP contribution in [0.1, 0.15) is 50.1 Å². The number of carboxylic acid groups (broad SMARTS) is 1. The first-order chi connectivity index (χ1) is 12.6. The summed E-state index contributed by atoms with van der Waals surface area (Å²) < 4.78 is 0. The minimum atomic E-state index is -0.707. The van der Waals surface area contributed by atoms with Gasteiger partial charge in [0.15, 0.2) is 5.82 Å². The molecule has 9 heteroatoms. The molecule has 9 nitrogen and oxygen atoms in total. The van der Waals surface area contributed by atoms with Crippen molar-refractivity contribution in [1.82, 2.24) is 26.3 Å². The molecule has 4 aliphatic rings. The third-order valence-corrected chi connectivity index (χ3v) is 6.17. The van der Waals surface area contributed by atoms with Gasteiger partial charge in [0.05, 0.1) is 5.41 Å². The average molecular weight is 371 g/mol. The van der Waals surface area contributed by atoms with E-state index in [1.165, 1.54) is 31.4 Å². The monoisotopic (exact) mass is 371 g/mol. The first-order valence-corrected chi connectivity index (χ1v) is 9.28. The molecule has 6 rings (SSSR count). The zero-order chi connectivity index (χ0) is 17.7. The van der Waals surface area contributed by atoms with Gasteiger partial charge in [0, 0.05) is 36.5 Å². The molecular weight excluding hydrogens is 346 g/mol. The van der Waals surface area contributed by atoms with Crippen LogP contribution in [-0.4, -0.2) is 43.8 Å². The zero-order valence-corrected chi connectivity index (χ0v) is 15.2. The predicted molar refractivity (Wildman–Crippen MR) is 101 cm³/mol. The smallest absolute Gasteiger partial charge is 0.311 e. The summed E-state index contributed by atoms with van der Waals surface area (Å²) in [5, 5.41) is 20.2. The zero-order valence-electron chi connectivity index (χ0n) is 15.2. The molecule has 2 aromatic rings. The van der Waals surface area contributed by atoms with Crippen LogP contribution in [0.4, 0.5) is 17.6 Å². The Morgan fingerprint density at radius 3 is 2.78 bits per heavy atom. The number of nitrogens with zero attached hydrogens (tertiary/aromatic N) is 4. The molecule has 4 fully saturated rings. The largest absolute Gasteiger partial charge is 0.481 e. The van der Waals surface area contributed by atoms with Crippen molar-refractivity contribution < 1.29 is 9.90 Å². The van der Waals surface area contributed by atoms with E-state index in [0.29, 0.717) is 37.1 Å². The minimum Gasteiger partial charge on any atom is -0.481 e. The summed E-state index contributed by atoms with van der Waals surface area (Å²) in [5.74, 6) is 1.90. The molecule has 0 aromatic carbocycles. The third kappa shape index (κ3) is 2.91. The van der Waals surface area contributed by atoms with E-state index in [4.69, 9.17) is 0 Å². The van der Waals surface area contributed by atoms with Gasteiger partial charge in [0.2, 0.25) is 5.95 Å². The highest BCUT2D eigenvalue weighted by atomic mass is 16.4. The van der Waals surface area contributed by atoms with E-state index in [2.05, 4.69) is 31.5 Å². The summed E-state index contributed by atoms with van der Waals surface area (Å²) in [7, 11) is 0. The maximum absolute atomic E-state index is 11.5. The van der Waals surface area contributed by atoms with E-state index in [9.17, 15) is 9.90 Å². The molecule has 6 N–H and O–H groups in total. The van der Waals surface area contributed by atoms with Crippen molar-refractivity contribution in [2.45, 2.75) is 50.5 Å². The fourth-order valence-electron chi connectivity index (χ4n) is 4.66. The highest BCUT2D eigenvalue weighted by Gasteiger charge is 2.60. The van der Waals surface area contributed by atoms with Crippen molar-refractivity contribution >= 4 is 23.6 Å². The number of aliphatic carboxylic acids is 1. The lowest BCUT2D eigenvalue weighted by atomic mass is 9.70. The van der Waals surface area contributed by atoms with Gasteiger partial charge in [-0.2, -0.15) is 10.1 Å². The van der Waals surface area contributed by atoms with Crippen LogP contribution in [0.15, 0.2) is 18.3 Å². The van der Waals surface area contributed by atoms with Crippen LogP contribution < -0.4 is 16.4 Å². The maximum Gasteiger partial charge on any atom is 0.311 e. The van der Waals surface area contributed by atoms with Gasteiger partial charge in [0.25, 0.3) is 0 Å². The van der Waals surface area contributed by atoms with Gasteiger partial charge in [-0.15, -0.1) is 0 Å². The lowest BCUT2D eigenvalue weighted by Gasteiger charge is -2.32. The standard InChI is InChI=1S/C18H22N6O2.H3N/c25-16(26)18-8-12(9-18)24(10-18)17-19-6-5-14(21-17)20-15-7-13(22-23-15)11-3-1-2-4-11;/h5-7,11-12H,1-4,8-10H2,(H,25,26)(H2,19,20,21,22,23);1H3. The van der Waals surface area contributed by atoms with Crippen LogP contribution in [0.2, 0.25) is 0 Å². The number of hydrogen-bond donors (Lipinski definition) is 4. The van der Waals surface area contributed by atoms with Gasteiger partial charge in [0.1, 0.15) is 5.82 Å². The quantitative estimate of drug-likeness (QED) is 0.628. The summed E-state index contributed by atoms with van der Waals surface area (Å²) in [6, 6.07) is 4.10. The molecule has 0 spiro atoms. The van der Waals surface area contributed by atoms with Gasteiger partial charge >= 0.3 is 5.97 Å². The van der Waals surface area contributed by atoms with Crippen molar-refractivity contribution in [3.8, 4) is 0 Å². The van der Waals surface area contributed by atoms with Crippen LogP contribution >= 0.6 is 0 Å². The van der Waals surface area contributed by atoms with Crippen LogP contribution in [0, 0.1) is 5.41 Å². The second kappa shape index (κ2) is 6.49. The highest BCUT2D eigenvalue weighted by molar-refractivity contribution is 5.79. The van der Waals surface area contributed by atoms with E-state index in [1.54, 1.807) is 12.3 Å². The van der Waals surface area contributed by atoms with Crippen molar-refractivity contribution in [1.29, 1.82) is 0 Å². The minimum absolute atomic E-state index is 0. The summed E-state index contributed by atoms with van der Waals surface area (Å²) in [6.07, 6.45) is 8.11. The molecule has 0 amide bonds. The molecule has 2 bridgehead atoms. The first kappa shape index (κ1) is 17.7. The Kier molecular flexibility index (Phi) is 4.26. The number of aromatic amines is 1. The van der Waals surface area contributed by atoms with Crippen LogP contribution in [-0.2, 0) is 4.79 Å². The number of hydrogen-bond acceptors (Lipinski definition) is 7. The van der Waals surface area contributed by atoms with Crippen molar-refractivity contribution in [2.75, 3.05) is 16.8 Å².